The molecule has 4 heterocycles. The lowest BCUT2D eigenvalue weighted by Gasteiger charge is -2.34. The number of hydrogen-bond donors (Lipinski definition) is 1. The minimum atomic E-state index is -1.44. The van der Waals surface area contributed by atoms with Crippen molar-refractivity contribution in [3.8, 4) is 11.5 Å². The second-order valence-corrected chi connectivity index (χ2v) is 13.8. The minimum Gasteiger partial charge on any atom is -0.378 e. The molecule has 0 amide bonds. The molecule has 8 nitrogen and oxygen atoms in total. The molecule has 2 aliphatic rings. The SMILES string of the molecule is C[Si](C)(C)C#Cc1cc(N2CCC[C@@H](Nc3cc(N4CCOCC4)ncn3)C2)ncn1. The maximum Gasteiger partial charge on any atom is 0.134 e. The Bertz CT molecular complexity index is 947. The number of aromatic nitrogens is 4. The van der Waals surface area contributed by atoms with E-state index in [1.807, 2.05) is 12.1 Å². The van der Waals surface area contributed by atoms with Gasteiger partial charge in [-0.25, -0.2) is 19.9 Å². The molecule has 0 aliphatic carbocycles. The van der Waals surface area contributed by atoms with Crippen LogP contribution < -0.4 is 15.1 Å². The van der Waals surface area contributed by atoms with E-state index in [-0.39, 0.29) is 0 Å². The lowest BCUT2D eigenvalue weighted by atomic mass is 10.1. The number of piperidine rings is 1. The average Bonchev–Trinajstić information content (AvgIpc) is 2.78. The first kappa shape index (κ1) is 21.5. The third kappa shape index (κ3) is 6.15. The van der Waals surface area contributed by atoms with E-state index in [1.54, 1.807) is 12.7 Å². The highest BCUT2D eigenvalue weighted by Gasteiger charge is 2.22. The average molecular weight is 438 g/mol. The van der Waals surface area contributed by atoms with E-state index in [1.165, 1.54) is 0 Å². The van der Waals surface area contributed by atoms with Gasteiger partial charge in [-0.15, -0.1) is 5.54 Å². The van der Waals surface area contributed by atoms with E-state index < -0.39 is 8.07 Å². The van der Waals surface area contributed by atoms with Crippen LogP contribution in [0, 0.1) is 11.5 Å². The first-order valence-electron chi connectivity index (χ1n) is 11.0. The van der Waals surface area contributed by atoms with Gasteiger partial charge in [-0.2, -0.15) is 0 Å². The number of morpholine rings is 1. The van der Waals surface area contributed by atoms with Crippen LogP contribution >= 0.6 is 0 Å². The molecule has 9 heteroatoms. The van der Waals surface area contributed by atoms with Crippen molar-refractivity contribution in [3.63, 3.8) is 0 Å². The number of rotatable bonds is 4. The largest absolute Gasteiger partial charge is 0.378 e. The quantitative estimate of drug-likeness (QED) is 0.577. The Morgan fingerprint density at radius 2 is 1.71 bits per heavy atom. The molecule has 164 valence electrons. The molecule has 0 radical (unpaired) electrons. The predicted molar refractivity (Wildman–Crippen MR) is 126 cm³/mol. The fourth-order valence-electron chi connectivity index (χ4n) is 3.74. The molecule has 1 N–H and O–H groups in total. The van der Waals surface area contributed by atoms with E-state index in [2.05, 4.69) is 66.2 Å². The summed E-state index contributed by atoms with van der Waals surface area (Å²) in [6.45, 7) is 11.8. The minimum absolute atomic E-state index is 0.299. The molecule has 0 saturated carbocycles. The third-order valence-electron chi connectivity index (χ3n) is 5.30. The fraction of sp³-hybridized carbons (Fsp3) is 0.545. The van der Waals surface area contributed by atoms with E-state index in [9.17, 15) is 0 Å². The van der Waals surface area contributed by atoms with Crippen molar-refractivity contribution in [2.24, 2.45) is 0 Å². The van der Waals surface area contributed by atoms with Crippen molar-refractivity contribution in [2.75, 3.05) is 54.5 Å². The fourth-order valence-corrected chi connectivity index (χ4v) is 4.25. The molecule has 2 saturated heterocycles. The molecular formula is C22H31N7OSi. The van der Waals surface area contributed by atoms with Crippen LogP contribution in [0.2, 0.25) is 19.6 Å². The summed E-state index contributed by atoms with van der Waals surface area (Å²) in [5.41, 5.74) is 4.18. The summed E-state index contributed by atoms with van der Waals surface area (Å²) in [4.78, 5) is 22.3. The molecule has 0 aromatic carbocycles. The first-order chi connectivity index (χ1) is 15.0. The van der Waals surface area contributed by atoms with Gasteiger partial charge < -0.3 is 19.9 Å². The van der Waals surface area contributed by atoms with Gasteiger partial charge in [-0.3, -0.25) is 0 Å². The van der Waals surface area contributed by atoms with Gasteiger partial charge in [0.1, 0.15) is 43.9 Å². The second kappa shape index (κ2) is 9.62. The van der Waals surface area contributed by atoms with Crippen molar-refractivity contribution in [1.29, 1.82) is 0 Å². The molecule has 2 aromatic heterocycles. The molecule has 31 heavy (non-hydrogen) atoms. The number of nitrogens with zero attached hydrogens (tertiary/aromatic N) is 6. The maximum absolute atomic E-state index is 5.44. The standard InChI is InChI=1S/C22H31N7OSi/c1-31(2,3)12-6-18-13-21(25-16-23-18)29-7-4-5-19(15-29)27-20-14-22(26-17-24-20)28-8-10-30-11-9-28/h13-14,16-17,19H,4-5,7-11,15H2,1-3H3,(H,24,26,27)/t19-/m1/s1. The van der Waals surface area contributed by atoms with Crippen LogP contribution in [0.3, 0.4) is 0 Å². The van der Waals surface area contributed by atoms with Gasteiger partial charge >= 0.3 is 0 Å². The van der Waals surface area contributed by atoms with Crippen LogP contribution in [-0.4, -0.2) is 73.4 Å². The summed E-state index contributed by atoms with van der Waals surface area (Å²) in [5.74, 6) is 6.00. The van der Waals surface area contributed by atoms with Gasteiger partial charge in [-0.1, -0.05) is 25.6 Å². The molecule has 4 rings (SSSR count). The summed E-state index contributed by atoms with van der Waals surface area (Å²) in [6, 6.07) is 4.35. The molecule has 2 fully saturated rings. The topological polar surface area (TPSA) is 79.3 Å². The predicted octanol–water partition coefficient (Wildman–Crippen LogP) is 2.41. The van der Waals surface area contributed by atoms with Gasteiger partial charge in [0.2, 0.25) is 0 Å². The smallest absolute Gasteiger partial charge is 0.134 e. The van der Waals surface area contributed by atoms with Crippen LogP contribution in [-0.2, 0) is 4.74 Å². The van der Waals surface area contributed by atoms with Gasteiger partial charge in [-0.05, 0) is 12.8 Å². The zero-order chi connectivity index (χ0) is 21.7. The van der Waals surface area contributed by atoms with Gasteiger partial charge in [0.05, 0.1) is 13.2 Å². The Morgan fingerprint density at radius 1 is 0.968 bits per heavy atom. The molecule has 1 atom stereocenters. The summed E-state index contributed by atoms with van der Waals surface area (Å²) in [5, 5.41) is 3.60. The van der Waals surface area contributed by atoms with E-state index in [0.29, 0.717) is 6.04 Å². The lowest BCUT2D eigenvalue weighted by molar-refractivity contribution is 0.122. The lowest BCUT2D eigenvalue weighted by Crippen LogP contribution is -2.42. The van der Waals surface area contributed by atoms with E-state index in [4.69, 9.17) is 4.74 Å². The highest BCUT2D eigenvalue weighted by atomic mass is 28.3. The molecule has 2 aromatic rings. The normalized spacial score (nSPS) is 19.5. The van der Waals surface area contributed by atoms with E-state index >= 15 is 0 Å². The number of ether oxygens (including phenoxy) is 1. The summed E-state index contributed by atoms with van der Waals surface area (Å²) in [6.07, 6.45) is 5.46. The monoisotopic (exact) mass is 437 g/mol. The Labute approximate surface area is 185 Å². The summed E-state index contributed by atoms with van der Waals surface area (Å²) < 4.78 is 5.44. The van der Waals surface area contributed by atoms with Crippen LogP contribution in [0.5, 0.6) is 0 Å². The van der Waals surface area contributed by atoms with Crippen LogP contribution in [0.1, 0.15) is 18.5 Å². The summed E-state index contributed by atoms with van der Waals surface area (Å²) in [7, 11) is -1.44. The van der Waals surface area contributed by atoms with Crippen molar-refractivity contribution in [3.05, 3.63) is 30.5 Å². The molecule has 0 bridgehead atoms. The number of hydrogen-bond acceptors (Lipinski definition) is 8. The molecule has 2 aliphatic heterocycles. The number of nitrogens with one attached hydrogen (secondary N) is 1. The van der Waals surface area contributed by atoms with Gasteiger partial charge in [0.25, 0.3) is 0 Å². The van der Waals surface area contributed by atoms with Gasteiger partial charge in [0, 0.05) is 44.4 Å². The summed E-state index contributed by atoms with van der Waals surface area (Å²) >= 11 is 0. The third-order valence-corrected chi connectivity index (χ3v) is 6.18. The Balaban J connectivity index is 1.42. The molecule has 0 unspecified atom stereocenters. The van der Waals surface area contributed by atoms with Crippen LogP contribution in [0.4, 0.5) is 17.5 Å². The zero-order valence-corrected chi connectivity index (χ0v) is 19.6. The van der Waals surface area contributed by atoms with Crippen molar-refractivity contribution < 1.29 is 4.74 Å². The van der Waals surface area contributed by atoms with Crippen LogP contribution in [0.25, 0.3) is 0 Å². The van der Waals surface area contributed by atoms with Crippen molar-refractivity contribution >= 4 is 25.5 Å². The maximum atomic E-state index is 5.44. The molecule has 0 spiro atoms. The highest BCUT2D eigenvalue weighted by Crippen LogP contribution is 2.22. The van der Waals surface area contributed by atoms with Crippen molar-refractivity contribution in [2.45, 2.75) is 38.5 Å². The Hall–Kier alpha value is -2.70. The zero-order valence-electron chi connectivity index (χ0n) is 18.6. The van der Waals surface area contributed by atoms with E-state index in [0.717, 1.165) is 75.4 Å². The Kier molecular flexibility index (Phi) is 6.68. The number of anilines is 3. The Morgan fingerprint density at radius 3 is 2.48 bits per heavy atom. The molecular weight excluding hydrogens is 406 g/mol. The van der Waals surface area contributed by atoms with Crippen molar-refractivity contribution in [1.82, 2.24) is 19.9 Å². The second-order valence-electron chi connectivity index (χ2n) is 9.05. The first-order valence-corrected chi connectivity index (χ1v) is 14.5. The van der Waals surface area contributed by atoms with Crippen LogP contribution in [0.15, 0.2) is 24.8 Å². The van der Waals surface area contributed by atoms with Gasteiger partial charge in [0.15, 0.2) is 0 Å². The highest BCUT2D eigenvalue weighted by molar-refractivity contribution is 6.83.